The van der Waals surface area contributed by atoms with Crippen LogP contribution in [0.15, 0.2) is 147 Å². The number of rotatable bonds is 0. The third kappa shape index (κ3) is 15.2. The van der Waals surface area contributed by atoms with Crippen molar-refractivity contribution in [3.8, 4) is 61.9 Å². The van der Waals surface area contributed by atoms with Gasteiger partial charge in [0.2, 0.25) is 5.88 Å². The maximum atomic E-state index is 6.21. The molecule has 4 aromatic carbocycles. The van der Waals surface area contributed by atoms with Gasteiger partial charge in [-0.05, 0) is 223 Å². The van der Waals surface area contributed by atoms with E-state index in [1.807, 2.05) is 79.8 Å². The van der Waals surface area contributed by atoms with Crippen LogP contribution in [0.4, 0.5) is 28.8 Å². The van der Waals surface area contributed by atoms with Gasteiger partial charge in [0.25, 0.3) is 0 Å². The molecule has 560 valence electrons. The van der Waals surface area contributed by atoms with Crippen molar-refractivity contribution in [3.63, 3.8) is 0 Å². The van der Waals surface area contributed by atoms with Crippen molar-refractivity contribution >= 4 is 51.4 Å². The number of nitrogens with zero attached hydrogens (tertiary/aromatic N) is 18. The van der Waals surface area contributed by atoms with Gasteiger partial charge in [0, 0.05) is 168 Å². The van der Waals surface area contributed by atoms with Gasteiger partial charge in [0.05, 0.1) is 31.4 Å². The van der Waals surface area contributed by atoms with Crippen LogP contribution in [0.1, 0.15) is 86.5 Å². The lowest BCUT2D eigenvalue weighted by molar-refractivity contribution is 0.172. The van der Waals surface area contributed by atoms with E-state index in [1.54, 1.807) is 0 Å². The highest BCUT2D eigenvalue weighted by molar-refractivity contribution is 5.84. The van der Waals surface area contributed by atoms with Crippen LogP contribution in [0.2, 0.25) is 0 Å². The number of hydrogen-bond acceptors (Lipinski definition) is 20. The van der Waals surface area contributed by atoms with E-state index in [9.17, 15) is 0 Å². The van der Waals surface area contributed by atoms with Crippen LogP contribution >= 0.6 is 0 Å². The summed E-state index contributed by atoms with van der Waals surface area (Å²) in [6.45, 7) is 24.6. The third-order valence-electron chi connectivity index (χ3n) is 23.5. The molecule has 24 nitrogen and oxygen atoms in total. The summed E-state index contributed by atoms with van der Waals surface area (Å²) in [5, 5.41) is 28.8. The van der Waals surface area contributed by atoms with Gasteiger partial charge in [0.1, 0.15) is 42.2 Å². The summed E-state index contributed by atoms with van der Waals surface area (Å²) >= 11 is 0. The van der Waals surface area contributed by atoms with Gasteiger partial charge >= 0.3 is 0 Å². The van der Waals surface area contributed by atoms with Gasteiger partial charge in [0.15, 0.2) is 22.6 Å². The highest BCUT2D eigenvalue weighted by atomic mass is 16.5. The van der Waals surface area contributed by atoms with E-state index in [1.165, 1.54) is 91.7 Å². The zero-order valence-electron chi connectivity index (χ0n) is 63.3. The van der Waals surface area contributed by atoms with Gasteiger partial charge in [-0.3, -0.25) is 19.6 Å². The minimum atomic E-state index is 0.516. The summed E-state index contributed by atoms with van der Waals surface area (Å²) in [6.07, 6.45) is 27.6. The second kappa shape index (κ2) is 31.4. The molecule has 3 atom stereocenters. The minimum Gasteiger partial charge on any atom is -0.492 e. The van der Waals surface area contributed by atoms with Gasteiger partial charge in [-0.2, -0.15) is 25.4 Å². The van der Waals surface area contributed by atoms with Crippen LogP contribution in [-0.2, 0) is 0 Å². The number of ether oxygens (including phenoxy) is 3. The first-order chi connectivity index (χ1) is 52.9. The molecular formula is C84H101N21O3. The van der Waals surface area contributed by atoms with Crippen LogP contribution in [0.3, 0.4) is 0 Å². The monoisotopic (exact) mass is 1450 g/mol. The first-order valence-electron chi connectivity index (χ1n) is 39.2. The normalized spacial score (nSPS) is 21.0. The van der Waals surface area contributed by atoms with Crippen LogP contribution in [0.25, 0.3) is 67.1 Å². The van der Waals surface area contributed by atoms with E-state index in [4.69, 9.17) is 34.1 Å². The fourth-order valence-corrected chi connectivity index (χ4v) is 17.0. The van der Waals surface area contributed by atoms with Gasteiger partial charge in [-0.1, -0.05) is 24.3 Å². The number of fused-ring (bicyclic) bond motifs is 19. The lowest BCUT2D eigenvalue weighted by Gasteiger charge is -2.37. The van der Waals surface area contributed by atoms with Crippen LogP contribution < -0.4 is 40.0 Å². The minimum absolute atomic E-state index is 0.516. The number of aromatic nitrogens is 12. The Bertz CT molecular complexity index is 5000. The Morgan fingerprint density at radius 3 is 1.46 bits per heavy atom. The summed E-state index contributed by atoms with van der Waals surface area (Å²) in [5.74, 6) is 5.43. The molecule has 17 heterocycles. The second-order valence-electron chi connectivity index (χ2n) is 30.5. The smallest absolute Gasteiger partial charge is 0.216 e. The molecular weight excluding hydrogens is 1350 g/mol. The molecule has 12 aromatic rings. The Hall–Kier alpha value is -10.4. The average Bonchev–Trinajstić information content (AvgIpc) is 1.63. The van der Waals surface area contributed by atoms with Gasteiger partial charge < -0.3 is 40.0 Å². The maximum absolute atomic E-state index is 6.21. The quantitative estimate of drug-likeness (QED) is 0.129. The number of hydrogen-bond donors (Lipinski definition) is 3. The van der Waals surface area contributed by atoms with Crippen molar-refractivity contribution in [2.75, 3.05) is 145 Å². The van der Waals surface area contributed by atoms with Gasteiger partial charge in [-0.25, -0.2) is 33.0 Å². The first kappa shape index (κ1) is 70.6. The van der Waals surface area contributed by atoms with Crippen LogP contribution in [0.5, 0.6) is 17.4 Å². The fourth-order valence-electron chi connectivity index (χ4n) is 17.0. The van der Waals surface area contributed by atoms with Crippen molar-refractivity contribution in [1.82, 2.24) is 78.0 Å². The molecule has 24 heteroatoms. The zero-order valence-corrected chi connectivity index (χ0v) is 63.3. The highest BCUT2D eigenvalue weighted by Gasteiger charge is 2.30. The predicted octanol–water partition coefficient (Wildman–Crippen LogP) is 12.8. The number of likely N-dealkylation sites (N-methyl/N-ethyl adjacent to an activating group) is 1. The molecule has 3 N–H and O–H groups in total. The highest BCUT2D eigenvalue weighted by Crippen LogP contribution is 2.37. The summed E-state index contributed by atoms with van der Waals surface area (Å²) in [6, 6.07) is 36.1. The SMILES string of the molecule is Cc1ccc2cc1-c1cnn3ccc(nc13)N(C)C1CCN(CCO2)CC1.Cc1ccc2cc1-c1cnn3ccc(nc13)N(C)CCN1CCC[C@H]1CN2.Cc1ccc2cc1-c1cnn3ccc(nc13)NCCCN1CCC[C@H]1CO2.Cc1ccc2cc1-c1cnn3ccc(nc13)OCCCN1CCC[C@H]1CN2. The molecule has 0 aliphatic carbocycles. The second-order valence-corrected chi connectivity index (χ2v) is 30.5. The molecule has 4 saturated heterocycles. The molecule has 0 amide bonds. The average molecular weight is 1450 g/mol. The van der Waals surface area contributed by atoms with Crippen LogP contribution in [-0.4, -0.2) is 221 Å². The Labute approximate surface area is 632 Å². The molecule has 8 aromatic heterocycles. The third-order valence-corrected chi connectivity index (χ3v) is 23.5. The van der Waals surface area contributed by atoms with Crippen molar-refractivity contribution in [2.45, 2.75) is 116 Å². The van der Waals surface area contributed by atoms with E-state index in [-0.39, 0.29) is 0 Å². The number of anilines is 5. The Kier molecular flexibility index (Phi) is 20.5. The molecule has 21 rings (SSSR count). The molecule has 0 spiro atoms. The summed E-state index contributed by atoms with van der Waals surface area (Å²) in [4.78, 5) is 34.4. The van der Waals surface area contributed by atoms with Crippen molar-refractivity contribution in [3.05, 3.63) is 169 Å². The maximum Gasteiger partial charge on any atom is 0.216 e. The van der Waals surface area contributed by atoms with Gasteiger partial charge in [-0.15, -0.1) is 0 Å². The lowest BCUT2D eigenvalue weighted by Crippen LogP contribution is -2.44. The number of nitrogens with one attached hydrogen (secondary N) is 3. The number of piperidine rings is 1. The topological polar surface area (TPSA) is 204 Å². The molecule has 108 heavy (non-hydrogen) atoms. The fraction of sp³-hybridized carbons (Fsp3) is 0.429. The molecule has 0 unspecified atom stereocenters. The zero-order chi connectivity index (χ0) is 73.2. The Morgan fingerprint density at radius 1 is 0.370 bits per heavy atom. The number of benzene rings is 4. The van der Waals surface area contributed by atoms with E-state index in [0.29, 0.717) is 36.7 Å². The molecule has 9 aliphatic rings. The first-order valence-corrected chi connectivity index (χ1v) is 39.2. The molecule has 9 aliphatic heterocycles. The summed E-state index contributed by atoms with van der Waals surface area (Å²) < 4.78 is 25.6. The number of aryl methyl sites for hydroxylation is 4. The van der Waals surface area contributed by atoms with Crippen LogP contribution in [0, 0.1) is 27.7 Å². The molecule has 0 radical (unpaired) electrons. The lowest BCUT2D eigenvalue weighted by atomic mass is 10.0. The largest absolute Gasteiger partial charge is 0.492 e. The Balaban J connectivity index is 0.000000105. The predicted molar refractivity (Wildman–Crippen MR) is 429 cm³/mol. The van der Waals surface area contributed by atoms with Crippen molar-refractivity contribution < 1.29 is 14.2 Å². The summed E-state index contributed by atoms with van der Waals surface area (Å²) in [7, 11) is 4.30. The Morgan fingerprint density at radius 2 is 0.852 bits per heavy atom. The molecule has 18 bridgehead atoms. The standard InChI is InChI=1S/C21H26N6.3C21H25N5O/c1-15-5-6-16-12-18(15)19-14-23-27-9-7-20(24-21(19)27)25(2)10-11-26-8-3-4-17(26)13-22-16;1-15-3-4-17-13-18(15)19-14-22-26-10-7-20(23-21(19)26)24(2)16-5-8-25(9-6-16)11-12-27-17;1-15-5-6-17-12-18(15)19-13-23-26-11-7-20(24-21(19)26)22-8-3-10-25-9-2-4-16(25)14-27-17;1-15-5-6-16-12-18(15)19-14-23-26-10-7-20(24-21(19)26)27-11-3-9-25-8-2-4-17(25)13-22-16/h5-7,9,12,14,17,22H,3-4,8,10-11,13H2,1-2H3;3-4,7,10,13-14,16H,5-6,8-9,11-12H2,1-2H3;5-7,11-13,16H,2-4,8-10,14H2,1H3,(H,22,24);5-7,10,12,14,17,22H,2-4,8-9,11,13H2,1H3/t17-;;16-;17-/m0.00/s1. The molecule has 4 fully saturated rings. The summed E-state index contributed by atoms with van der Waals surface area (Å²) in [5.41, 5.74) is 19.5. The van der Waals surface area contributed by atoms with Crippen molar-refractivity contribution in [1.29, 1.82) is 0 Å². The van der Waals surface area contributed by atoms with Crippen molar-refractivity contribution in [2.24, 2.45) is 0 Å². The molecule has 0 saturated carbocycles. The van der Waals surface area contributed by atoms with E-state index < -0.39 is 0 Å². The van der Waals surface area contributed by atoms with E-state index in [0.717, 1.165) is 201 Å². The van der Waals surface area contributed by atoms with E-state index >= 15 is 0 Å². The van der Waals surface area contributed by atoms with E-state index in [2.05, 4.69) is 192 Å².